The zero-order chi connectivity index (χ0) is 30.0. The first-order valence-electron chi connectivity index (χ1n) is 14.0. The summed E-state index contributed by atoms with van der Waals surface area (Å²) in [5.41, 5.74) is 14.4. The quantitative estimate of drug-likeness (QED) is 0.175. The molecule has 2 N–H and O–H groups in total. The van der Waals surface area contributed by atoms with E-state index in [0.29, 0.717) is 0 Å². The number of aryl methyl sites for hydroxylation is 1. The number of anilines is 5. The molecule has 9 heteroatoms. The van der Waals surface area contributed by atoms with E-state index in [1.54, 1.807) is 10.3 Å². The molecular formula is C35H27Br2N5O2. The van der Waals surface area contributed by atoms with Crippen LogP contribution < -0.4 is 26.1 Å². The summed E-state index contributed by atoms with van der Waals surface area (Å²) < 4.78 is 2.03. The zero-order valence-corrected chi connectivity index (χ0v) is 26.8. The van der Waals surface area contributed by atoms with Crippen LogP contribution in [0.15, 0.2) is 143 Å². The molecule has 5 aromatic rings. The van der Waals surface area contributed by atoms with Crippen molar-refractivity contribution in [2.24, 2.45) is 0 Å². The molecule has 7 rings (SSSR count). The van der Waals surface area contributed by atoms with Gasteiger partial charge in [0.25, 0.3) is 0 Å². The van der Waals surface area contributed by atoms with Crippen molar-refractivity contribution in [1.82, 2.24) is 10.9 Å². The molecule has 0 atom stereocenters. The molecule has 7 nitrogen and oxygen atoms in total. The van der Waals surface area contributed by atoms with Crippen molar-refractivity contribution >= 4 is 71.8 Å². The van der Waals surface area contributed by atoms with E-state index in [2.05, 4.69) is 127 Å². The zero-order valence-electron chi connectivity index (χ0n) is 23.6. The number of nitrogens with one attached hydrogen (secondary N) is 2. The van der Waals surface area contributed by atoms with Gasteiger partial charge < -0.3 is 14.6 Å². The molecule has 2 heterocycles. The fourth-order valence-corrected chi connectivity index (χ4v) is 5.44. The molecule has 0 fully saturated rings. The Bertz CT molecular complexity index is 1710. The van der Waals surface area contributed by atoms with Crippen molar-refractivity contribution in [2.45, 2.75) is 6.92 Å². The summed E-state index contributed by atoms with van der Waals surface area (Å²) in [5.74, 6) is 1.47. The lowest BCUT2D eigenvalue weighted by molar-refractivity contribution is 0.243. The molecule has 0 unspecified atom stereocenters. The molecule has 0 bridgehead atoms. The van der Waals surface area contributed by atoms with Crippen LogP contribution in [-0.4, -0.2) is 0 Å². The van der Waals surface area contributed by atoms with Crippen LogP contribution in [0.4, 0.5) is 28.4 Å². The number of hydrogen-bond acceptors (Lipinski definition) is 7. The first-order valence-corrected chi connectivity index (χ1v) is 15.6. The third-order valence-electron chi connectivity index (χ3n) is 7.24. The lowest BCUT2D eigenvalue weighted by Gasteiger charge is -2.26. The first kappa shape index (κ1) is 27.9. The standard InChI is InChI=1S/C35H27Br2N5O2/c1-24-2-12-29(13-3-24)40(30-14-4-25(5-15-30)34-22-38-41(43-34)32-18-8-27(36)9-19-32)31-16-6-26(7-17-31)35-23-39-42(44-35)33-20-10-28(37)11-21-33/h2-23,38-39H,1H3. The third kappa shape index (κ3) is 5.84. The Kier molecular flexibility index (Phi) is 7.64. The van der Waals surface area contributed by atoms with Crippen molar-refractivity contribution in [3.05, 3.63) is 159 Å². The predicted molar refractivity (Wildman–Crippen MR) is 183 cm³/mol. The van der Waals surface area contributed by atoms with E-state index in [9.17, 15) is 0 Å². The maximum absolute atomic E-state index is 6.09. The molecule has 0 amide bonds. The van der Waals surface area contributed by atoms with Gasteiger partial charge in [-0.25, -0.2) is 0 Å². The van der Waals surface area contributed by atoms with Crippen molar-refractivity contribution in [2.75, 3.05) is 15.2 Å². The van der Waals surface area contributed by atoms with Gasteiger partial charge in [0.15, 0.2) is 11.5 Å². The average Bonchev–Trinajstić information content (AvgIpc) is 3.75. The van der Waals surface area contributed by atoms with Gasteiger partial charge in [-0.15, -0.1) is 10.3 Å². The summed E-state index contributed by atoms with van der Waals surface area (Å²) in [6.45, 7) is 2.10. The largest absolute Gasteiger partial charge is 0.357 e. The van der Waals surface area contributed by atoms with Gasteiger partial charge in [-0.2, -0.15) is 0 Å². The number of hydrazine groups is 2. The average molecular weight is 709 g/mol. The molecule has 0 saturated heterocycles. The maximum atomic E-state index is 6.09. The summed E-state index contributed by atoms with van der Waals surface area (Å²) in [4.78, 5) is 14.4. The summed E-state index contributed by atoms with van der Waals surface area (Å²) in [5, 5.41) is 3.29. The van der Waals surface area contributed by atoms with E-state index < -0.39 is 0 Å². The monoisotopic (exact) mass is 707 g/mol. The SMILES string of the molecule is Cc1ccc(N(c2ccc(C3=CNN(c4ccc(Br)cc4)O3)cc2)c2ccc(C3=CNN(c4ccc(Br)cc4)O3)cc2)cc1. The highest BCUT2D eigenvalue weighted by Gasteiger charge is 2.21. The minimum atomic E-state index is 0.737. The van der Waals surface area contributed by atoms with Crippen molar-refractivity contribution in [3.63, 3.8) is 0 Å². The molecule has 0 saturated carbocycles. The maximum Gasteiger partial charge on any atom is 0.182 e. The normalized spacial score (nSPS) is 13.8. The van der Waals surface area contributed by atoms with Crippen LogP contribution in [0, 0.1) is 6.92 Å². The smallest absolute Gasteiger partial charge is 0.182 e. The summed E-state index contributed by atoms with van der Waals surface area (Å²) in [7, 11) is 0. The van der Waals surface area contributed by atoms with E-state index in [4.69, 9.17) is 9.68 Å². The van der Waals surface area contributed by atoms with Crippen LogP contribution in [0.5, 0.6) is 0 Å². The van der Waals surface area contributed by atoms with Gasteiger partial charge in [0.1, 0.15) is 0 Å². The Morgan fingerprint density at radius 3 is 1.25 bits per heavy atom. The van der Waals surface area contributed by atoms with Gasteiger partial charge in [0.2, 0.25) is 0 Å². The van der Waals surface area contributed by atoms with Gasteiger partial charge >= 0.3 is 0 Å². The Hall–Kier alpha value is -4.86. The van der Waals surface area contributed by atoms with Crippen LogP contribution >= 0.6 is 31.9 Å². The Labute approximate surface area is 272 Å². The highest BCUT2D eigenvalue weighted by atomic mass is 79.9. The number of rotatable bonds is 7. The van der Waals surface area contributed by atoms with E-state index in [-0.39, 0.29) is 0 Å². The highest BCUT2D eigenvalue weighted by molar-refractivity contribution is 9.10. The number of hydrogen-bond donors (Lipinski definition) is 2. The topological polar surface area (TPSA) is 52.2 Å². The predicted octanol–water partition coefficient (Wildman–Crippen LogP) is 9.50. The fourth-order valence-electron chi connectivity index (χ4n) is 4.91. The minimum absolute atomic E-state index is 0.737. The Morgan fingerprint density at radius 2 is 0.864 bits per heavy atom. The molecule has 2 aliphatic rings. The molecule has 218 valence electrons. The molecule has 0 spiro atoms. The molecule has 2 aliphatic heterocycles. The van der Waals surface area contributed by atoms with Crippen molar-refractivity contribution in [1.29, 1.82) is 0 Å². The number of benzene rings is 5. The molecule has 44 heavy (non-hydrogen) atoms. The molecule has 5 aromatic carbocycles. The Morgan fingerprint density at radius 1 is 0.500 bits per heavy atom. The molecule has 0 radical (unpaired) electrons. The van der Waals surface area contributed by atoms with Crippen LogP contribution in [0.2, 0.25) is 0 Å². The molecular weight excluding hydrogens is 682 g/mol. The van der Waals surface area contributed by atoms with Gasteiger partial charge in [-0.1, -0.05) is 49.6 Å². The second-order valence-electron chi connectivity index (χ2n) is 10.3. The highest BCUT2D eigenvalue weighted by Crippen LogP contribution is 2.37. The summed E-state index contributed by atoms with van der Waals surface area (Å²) in [6.07, 6.45) is 3.72. The lowest BCUT2D eigenvalue weighted by Crippen LogP contribution is -2.27. The second-order valence-corrected chi connectivity index (χ2v) is 12.1. The minimum Gasteiger partial charge on any atom is -0.357 e. The molecule has 0 aliphatic carbocycles. The van der Waals surface area contributed by atoms with E-state index in [1.165, 1.54) is 5.56 Å². The van der Waals surface area contributed by atoms with E-state index in [0.717, 1.165) is 60.0 Å². The van der Waals surface area contributed by atoms with Gasteiger partial charge in [0, 0.05) is 37.1 Å². The van der Waals surface area contributed by atoms with Crippen LogP contribution in [0.25, 0.3) is 11.5 Å². The van der Waals surface area contributed by atoms with Crippen molar-refractivity contribution in [3.8, 4) is 0 Å². The lowest BCUT2D eigenvalue weighted by atomic mass is 10.1. The van der Waals surface area contributed by atoms with Crippen molar-refractivity contribution < 1.29 is 9.68 Å². The van der Waals surface area contributed by atoms with Gasteiger partial charge in [-0.3, -0.25) is 10.9 Å². The summed E-state index contributed by atoms with van der Waals surface area (Å²) >= 11 is 6.96. The second kappa shape index (κ2) is 12.0. The fraction of sp³-hybridized carbons (Fsp3) is 0.0286. The van der Waals surface area contributed by atoms with Gasteiger partial charge in [0.05, 0.1) is 23.8 Å². The van der Waals surface area contributed by atoms with Crippen LogP contribution in [-0.2, 0) is 9.68 Å². The van der Waals surface area contributed by atoms with Crippen LogP contribution in [0.3, 0.4) is 0 Å². The third-order valence-corrected chi connectivity index (χ3v) is 8.30. The number of halogens is 2. The first-order chi connectivity index (χ1) is 21.5. The van der Waals surface area contributed by atoms with Crippen LogP contribution in [0.1, 0.15) is 16.7 Å². The van der Waals surface area contributed by atoms with Gasteiger partial charge in [-0.05, 0) is 116 Å². The summed E-state index contributed by atoms with van der Waals surface area (Å²) in [6, 6.07) is 41.1. The molecule has 0 aromatic heterocycles. The van der Waals surface area contributed by atoms with E-state index in [1.807, 2.05) is 60.9 Å². The van der Waals surface area contributed by atoms with E-state index >= 15 is 0 Å². The Balaban J connectivity index is 1.11. The number of nitrogens with zero attached hydrogens (tertiary/aromatic N) is 3.